The Balaban J connectivity index is 2.66. The van der Waals surface area contributed by atoms with E-state index in [1.807, 2.05) is 29.9 Å². The molecule has 2 aromatic rings. The van der Waals surface area contributed by atoms with Gasteiger partial charge in [0.1, 0.15) is 0 Å². The molecule has 0 radical (unpaired) electrons. The maximum absolute atomic E-state index is 5.76. The van der Waals surface area contributed by atoms with Crippen molar-refractivity contribution >= 4 is 16.6 Å². The van der Waals surface area contributed by atoms with E-state index in [-0.39, 0.29) is 0 Å². The molecular weight excluding hydrogens is 174 g/mol. The largest absolute Gasteiger partial charge is 0.399 e. The van der Waals surface area contributed by atoms with Crippen molar-refractivity contribution in [2.24, 2.45) is 7.05 Å². The van der Waals surface area contributed by atoms with Crippen LogP contribution in [0.25, 0.3) is 10.9 Å². The average Bonchev–Trinajstić information content (AvgIpc) is 2.44. The second kappa shape index (κ2) is 3.33. The third-order valence-electron chi connectivity index (χ3n) is 2.44. The lowest BCUT2D eigenvalue weighted by atomic mass is 10.1. The number of benzene rings is 1. The Morgan fingerprint density at radius 1 is 1.43 bits per heavy atom. The van der Waals surface area contributed by atoms with Gasteiger partial charge in [-0.3, -0.25) is 4.68 Å². The lowest BCUT2D eigenvalue weighted by molar-refractivity contribution is 0.753. The Hall–Kier alpha value is -1.51. The summed E-state index contributed by atoms with van der Waals surface area (Å²) in [5, 5.41) is 5.67. The number of aromatic nitrogens is 2. The van der Waals surface area contributed by atoms with Crippen molar-refractivity contribution in [3.63, 3.8) is 0 Å². The molecule has 0 aliphatic carbocycles. The summed E-state index contributed by atoms with van der Waals surface area (Å²) >= 11 is 0. The zero-order valence-corrected chi connectivity index (χ0v) is 8.62. The van der Waals surface area contributed by atoms with Crippen LogP contribution in [0.15, 0.2) is 18.2 Å². The van der Waals surface area contributed by atoms with E-state index in [4.69, 9.17) is 5.73 Å². The normalized spacial score (nSPS) is 11.0. The molecule has 0 spiro atoms. The minimum Gasteiger partial charge on any atom is -0.399 e. The van der Waals surface area contributed by atoms with Crippen LogP contribution in [0.2, 0.25) is 0 Å². The number of rotatable bonds is 2. The van der Waals surface area contributed by atoms with Crippen LogP contribution in [0, 0.1) is 0 Å². The topological polar surface area (TPSA) is 43.8 Å². The summed E-state index contributed by atoms with van der Waals surface area (Å²) in [6.45, 7) is 2.16. The van der Waals surface area contributed by atoms with Crippen molar-refractivity contribution in [3.05, 3.63) is 23.9 Å². The molecule has 0 saturated heterocycles. The van der Waals surface area contributed by atoms with Gasteiger partial charge in [-0.25, -0.2) is 0 Å². The highest BCUT2D eigenvalue weighted by Gasteiger charge is 2.07. The standard InChI is InChI=1S/C11H15N3/c1-3-4-10-9-7-8(12)5-6-11(9)14(2)13-10/h5-7H,3-4,12H2,1-2H3. The summed E-state index contributed by atoms with van der Waals surface area (Å²) in [4.78, 5) is 0. The van der Waals surface area contributed by atoms with Crippen molar-refractivity contribution in [3.8, 4) is 0 Å². The highest BCUT2D eigenvalue weighted by atomic mass is 15.3. The fraction of sp³-hybridized carbons (Fsp3) is 0.364. The average molecular weight is 189 g/mol. The second-order valence-electron chi connectivity index (χ2n) is 3.60. The first-order chi connectivity index (χ1) is 6.72. The Bertz CT molecular complexity index is 457. The van der Waals surface area contributed by atoms with Crippen LogP contribution in [0.4, 0.5) is 5.69 Å². The van der Waals surface area contributed by atoms with Gasteiger partial charge >= 0.3 is 0 Å². The summed E-state index contributed by atoms with van der Waals surface area (Å²) in [5.41, 5.74) is 8.87. The zero-order valence-electron chi connectivity index (χ0n) is 8.62. The van der Waals surface area contributed by atoms with E-state index in [1.165, 1.54) is 5.39 Å². The number of nitrogen functional groups attached to an aromatic ring is 1. The van der Waals surface area contributed by atoms with Gasteiger partial charge < -0.3 is 5.73 Å². The van der Waals surface area contributed by atoms with Gasteiger partial charge in [-0.05, 0) is 24.6 Å². The van der Waals surface area contributed by atoms with E-state index in [0.29, 0.717) is 0 Å². The summed E-state index contributed by atoms with van der Waals surface area (Å²) in [5.74, 6) is 0. The highest BCUT2D eigenvalue weighted by molar-refractivity contribution is 5.85. The van der Waals surface area contributed by atoms with Gasteiger partial charge in [0.2, 0.25) is 0 Å². The molecule has 0 bridgehead atoms. The van der Waals surface area contributed by atoms with Gasteiger partial charge in [-0.1, -0.05) is 13.3 Å². The van der Waals surface area contributed by atoms with E-state index in [9.17, 15) is 0 Å². The number of aryl methyl sites for hydroxylation is 2. The third-order valence-corrected chi connectivity index (χ3v) is 2.44. The fourth-order valence-corrected chi connectivity index (χ4v) is 1.78. The minimum atomic E-state index is 0.808. The van der Waals surface area contributed by atoms with Crippen LogP contribution < -0.4 is 5.73 Å². The number of nitrogens with two attached hydrogens (primary N) is 1. The highest BCUT2D eigenvalue weighted by Crippen LogP contribution is 2.21. The fourth-order valence-electron chi connectivity index (χ4n) is 1.78. The molecule has 2 rings (SSSR count). The van der Waals surface area contributed by atoms with E-state index < -0.39 is 0 Å². The first-order valence-corrected chi connectivity index (χ1v) is 4.93. The van der Waals surface area contributed by atoms with Crippen molar-refractivity contribution in [1.82, 2.24) is 9.78 Å². The lowest BCUT2D eigenvalue weighted by Crippen LogP contribution is -1.91. The number of anilines is 1. The maximum Gasteiger partial charge on any atom is 0.0703 e. The predicted molar refractivity (Wildman–Crippen MR) is 59.1 cm³/mol. The molecular formula is C11H15N3. The van der Waals surface area contributed by atoms with Crippen LogP contribution in [-0.2, 0) is 13.5 Å². The monoisotopic (exact) mass is 189 g/mol. The predicted octanol–water partition coefficient (Wildman–Crippen LogP) is 2.11. The zero-order chi connectivity index (χ0) is 10.1. The van der Waals surface area contributed by atoms with E-state index in [0.717, 1.165) is 29.7 Å². The van der Waals surface area contributed by atoms with Crippen molar-refractivity contribution in [1.29, 1.82) is 0 Å². The number of hydrogen-bond acceptors (Lipinski definition) is 2. The third kappa shape index (κ3) is 1.35. The van der Waals surface area contributed by atoms with Crippen molar-refractivity contribution < 1.29 is 0 Å². The molecule has 1 aromatic heterocycles. The van der Waals surface area contributed by atoms with Gasteiger partial charge in [0.05, 0.1) is 11.2 Å². The quantitative estimate of drug-likeness (QED) is 0.735. The van der Waals surface area contributed by atoms with Gasteiger partial charge in [0.15, 0.2) is 0 Å². The number of fused-ring (bicyclic) bond motifs is 1. The van der Waals surface area contributed by atoms with Gasteiger partial charge in [0, 0.05) is 18.1 Å². The van der Waals surface area contributed by atoms with Crippen LogP contribution in [0.5, 0.6) is 0 Å². The molecule has 1 aromatic carbocycles. The van der Waals surface area contributed by atoms with Crippen LogP contribution in [-0.4, -0.2) is 9.78 Å². The molecule has 3 heteroatoms. The first-order valence-electron chi connectivity index (χ1n) is 4.93. The summed E-state index contributed by atoms with van der Waals surface area (Å²) < 4.78 is 1.92. The smallest absolute Gasteiger partial charge is 0.0703 e. The molecule has 0 atom stereocenters. The first kappa shape index (κ1) is 9.06. The van der Waals surface area contributed by atoms with Crippen LogP contribution in [0.3, 0.4) is 0 Å². The molecule has 14 heavy (non-hydrogen) atoms. The van der Waals surface area contributed by atoms with E-state index in [1.54, 1.807) is 0 Å². The minimum absolute atomic E-state index is 0.808. The van der Waals surface area contributed by atoms with E-state index in [2.05, 4.69) is 12.0 Å². The number of nitrogens with zero attached hydrogens (tertiary/aromatic N) is 2. The second-order valence-corrected chi connectivity index (χ2v) is 3.60. The molecule has 0 aliphatic rings. The lowest BCUT2D eigenvalue weighted by Gasteiger charge is -1.95. The molecule has 0 amide bonds. The summed E-state index contributed by atoms with van der Waals surface area (Å²) in [6, 6.07) is 5.95. The molecule has 1 heterocycles. The molecule has 0 saturated carbocycles. The van der Waals surface area contributed by atoms with Crippen molar-refractivity contribution in [2.75, 3.05) is 5.73 Å². The molecule has 74 valence electrons. The van der Waals surface area contributed by atoms with Gasteiger partial charge in [-0.15, -0.1) is 0 Å². The van der Waals surface area contributed by atoms with Crippen molar-refractivity contribution in [2.45, 2.75) is 19.8 Å². The Morgan fingerprint density at radius 2 is 2.21 bits per heavy atom. The molecule has 0 unspecified atom stereocenters. The summed E-state index contributed by atoms with van der Waals surface area (Å²) in [7, 11) is 1.97. The van der Waals surface area contributed by atoms with Gasteiger partial charge in [-0.2, -0.15) is 5.10 Å². The Kier molecular flexibility index (Phi) is 2.15. The maximum atomic E-state index is 5.76. The van der Waals surface area contributed by atoms with Crippen LogP contribution >= 0.6 is 0 Å². The molecule has 3 nitrogen and oxygen atoms in total. The Labute approximate surface area is 83.5 Å². The van der Waals surface area contributed by atoms with Crippen LogP contribution in [0.1, 0.15) is 19.0 Å². The number of hydrogen-bond donors (Lipinski definition) is 1. The van der Waals surface area contributed by atoms with Gasteiger partial charge in [0.25, 0.3) is 0 Å². The molecule has 0 aliphatic heterocycles. The Morgan fingerprint density at radius 3 is 2.93 bits per heavy atom. The summed E-state index contributed by atoms with van der Waals surface area (Å²) in [6.07, 6.45) is 2.13. The van der Waals surface area contributed by atoms with E-state index >= 15 is 0 Å². The molecule has 2 N–H and O–H groups in total. The SMILES string of the molecule is CCCc1nn(C)c2ccc(N)cc12. The molecule has 0 fully saturated rings.